The first-order valence-electron chi connectivity index (χ1n) is 6.16. The van der Waals surface area contributed by atoms with Crippen LogP contribution in [0.25, 0.3) is 0 Å². The molecule has 0 fully saturated rings. The Labute approximate surface area is 121 Å². The minimum atomic E-state index is -0.0478. The van der Waals surface area contributed by atoms with Gasteiger partial charge in [0.05, 0.1) is 5.69 Å². The van der Waals surface area contributed by atoms with Crippen LogP contribution >= 0.6 is 27.5 Å². The van der Waals surface area contributed by atoms with Gasteiger partial charge < -0.3 is 5.32 Å². The number of aromatic nitrogens is 2. The molecule has 1 rings (SSSR count). The summed E-state index contributed by atoms with van der Waals surface area (Å²) < 4.78 is 3.88. The van der Waals surface area contributed by atoms with Crippen molar-refractivity contribution in [1.82, 2.24) is 14.9 Å². The van der Waals surface area contributed by atoms with Gasteiger partial charge in [-0.15, -0.1) is 5.10 Å². The summed E-state index contributed by atoms with van der Waals surface area (Å²) in [7, 11) is 0. The Kier molecular flexibility index (Phi) is 6.21. The number of hydrogen-bond donors (Lipinski definition) is 1. The molecule has 0 saturated heterocycles. The monoisotopic (exact) mass is 333 g/mol. The van der Waals surface area contributed by atoms with Crippen LogP contribution in [0.5, 0.6) is 0 Å². The number of amides is 1. The number of nitrogens with one attached hydrogen (secondary N) is 1. The van der Waals surface area contributed by atoms with E-state index in [0.29, 0.717) is 10.8 Å². The highest BCUT2D eigenvalue weighted by Crippen LogP contribution is 2.20. The van der Waals surface area contributed by atoms with Crippen molar-refractivity contribution in [2.75, 3.05) is 5.33 Å². The minimum absolute atomic E-state index is 0.0478. The predicted molar refractivity (Wildman–Crippen MR) is 78.5 cm³/mol. The van der Waals surface area contributed by atoms with Crippen LogP contribution in [0.1, 0.15) is 55.4 Å². The highest BCUT2D eigenvalue weighted by atomic mass is 79.9. The molecule has 0 spiro atoms. The van der Waals surface area contributed by atoms with Crippen LogP contribution < -0.4 is 5.32 Å². The summed E-state index contributed by atoms with van der Waals surface area (Å²) in [6.45, 7) is 8.27. The normalized spacial score (nSPS) is 13.1. The summed E-state index contributed by atoms with van der Waals surface area (Å²) in [4.78, 5) is 12.9. The molecule has 4 nitrogen and oxygen atoms in total. The molecule has 0 radical (unpaired) electrons. The van der Waals surface area contributed by atoms with Gasteiger partial charge in [-0.05, 0) is 29.8 Å². The summed E-state index contributed by atoms with van der Waals surface area (Å²) in [6, 6.07) is 0.180. The zero-order valence-corrected chi connectivity index (χ0v) is 13.6. The van der Waals surface area contributed by atoms with Crippen molar-refractivity contribution in [2.45, 2.75) is 46.1 Å². The van der Waals surface area contributed by atoms with Gasteiger partial charge in [-0.25, -0.2) is 0 Å². The van der Waals surface area contributed by atoms with E-state index in [1.165, 1.54) is 11.5 Å². The van der Waals surface area contributed by atoms with Gasteiger partial charge in [0, 0.05) is 11.4 Å². The minimum Gasteiger partial charge on any atom is -0.348 e. The van der Waals surface area contributed by atoms with Crippen molar-refractivity contribution in [3.63, 3.8) is 0 Å². The van der Waals surface area contributed by atoms with E-state index in [2.05, 4.69) is 44.7 Å². The molecular formula is C12H20BrN3OS. The van der Waals surface area contributed by atoms with Gasteiger partial charge in [-0.3, -0.25) is 4.79 Å². The lowest BCUT2D eigenvalue weighted by Crippen LogP contribution is -2.38. The maximum Gasteiger partial charge on any atom is 0.265 e. The molecule has 1 atom stereocenters. The van der Waals surface area contributed by atoms with E-state index in [9.17, 15) is 4.79 Å². The second-order valence-electron chi connectivity index (χ2n) is 4.94. The summed E-state index contributed by atoms with van der Waals surface area (Å²) in [5.74, 6) is 0.585. The number of carbonyl (C=O) groups excluding carboxylic acids is 1. The molecule has 1 heterocycles. The van der Waals surface area contributed by atoms with Crippen LogP contribution in [0.4, 0.5) is 0 Å². The number of nitrogens with zero attached hydrogens (tertiary/aromatic N) is 2. The number of halogens is 1. The highest BCUT2D eigenvalue weighted by molar-refractivity contribution is 9.09. The number of carbonyl (C=O) groups is 1. The third-order valence-corrected chi connectivity index (χ3v) is 4.01. The van der Waals surface area contributed by atoms with Crippen LogP contribution in [0.15, 0.2) is 0 Å². The van der Waals surface area contributed by atoms with Crippen LogP contribution in [0.2, 0.25) is 0 Å². The van der Waals surface area contributed by atoms with Crippen molar-refractivity contribution in [3.8, 4) is 0 Å². The van der Waals surface area contributed by atoms with Crippen LogP contribution in [-0.2, 0) is 0 Å². The maximum atomic E-state index is 12.2. The molecule has 0 saturated carbocycles. The zero-order chi connectivity index (χ0) is 13.7. The molecule has 1 unspecified atom stereocenters. The van der Waals surface area contributed by atoms with Gasteiger partial charge in [0.25, 0.3) is 5.91 Å². The van der Waals surface area contributed by atoms with Gasteiger partial charge in [0.1, 0.15) is 4.88 Å². The Hall–Kier alpha value is -0.490. The van der Waals surface area contributed by atoms with Crippen molar-refractivity contribution < 1.29 is 4.79 Å². The Morgan fingerprint density at radius 1 is 1.39 bits per heavy atom. The quantitative estimate of drug-likeness (QED) is 0.813. The molecule has 1 aromatic rings. The van der Waals surface area contributed by atoms with E-state index < -0.39 is 0 Å². The smallest absolute Gasteiger partial charge is 0.265 e. The fraction of sp³-hybridized carbons (Fsp3) is 0.750. The standard InChI is InChI=1S/C12H20BrN3OS/c1-7(2)9(5-6-13)14-12(17)11-10(8(3)4)15-16-18-11/h7-9H,5-6H2,1-4H3,(H,14,17). The lowest BCUT2D eigenvalue weighted by atomic mass is 10.0. The number of alkyl halides is 1. The van der Waals surface area contributed by atoms with Gasteiger partial charge in [-0.2, -0.15) is 0 Å². The zero-order valence-electron chi connectivity index (χ0n) is 11.2. The lowest BCUT2D eigenvalue weighted by molar-refractivity contribution is 0.0927. The molecule has 1 aromatic heterocycles. The molecule has 18 heavy (non-hydrogen) atoms. The van der Waals surface area contributed by atoms with Gasteiger partial charge >= 0.3 is 0 Å². The average Bonchev–Trinajstić information content (AvgIpc) is 2.77. The Balaban J connectivity index is 2.77. The lowest BCUT2D eigenvalue weighted by Gasteiger charge is -2.21. The van der Waals surface area contributed by atoms with Crippen LogP contribution in [-0.4, -0.2) is 26.9 Å². The molecule has 1 N–H and O–H groups in total. The van der Waals surface area contributed by atoms with Crippen molar-refractivity contribution in [3.05, 3.63) is 10.6 Å². The molecule has 0 aromatic carbocycles. The molecular weight excluding hydrogens is 314 g/mol. The van der Waals surface area contributed by atoms with E-state index in [1.807, 2.05) is 13.8 Å². The first-order valence-corrected chi connectivity index (χ1v) is 8.05. The average molecular weight is 334 g/mol. The molecule has 0 aliphatic rings. The molecule has 0 aliphatic heterocycles. The van der Waals surface area contributed by atoms with E-state index >= 15 is 0 Å². The van der Waals surface area contributed by atoms with Gasteiger partial charge in [0.15, 0.2) is 0 Å². The summed E-state index contributed by atoms with van der Waals surface area (Å²) >= 11 is 4.59. The molecule has 102 valence electrons. The molecule has 0 bridgehead atoms. The predicted octanol–water partition coefficient (Wildman–Crippen LogP) is 3.20. The first kappa shape index (κ1) is 15.6. The Bertz CT molecular complexity index is 392. The summed E-state index contributed by atoms with van der Waals surface area (Å²) in [5.41, 5.74) is 0.791. The van der Waals surface area contributed by atoms with E-state index in [0.717, 1.165) is 17.4 Å². The Morgan fingerprint density at radius 3 is 2.56 bits per heavy atom. The van der Waals surface area contributed by atoms with Crippen molar-refractivity contribution >= 4 is 33.4 Å². The molecule has 6 heteroatoms. The second-order valence-corrected chi connectivity index (χ2v) is 6.49. The van der Waals surface area contributed by atoms with E-state index in [4.69, 9.17) is 0 Å². The van der Waals surface area contributed by atoms with Crippen molar-refractivity contribution in [2.24, 2.45) is 5.92 Å². The maximum absolute atomic E-state index is 12.2. The summed E-state index contributed by atoms with van der Waals surface area (Å²) in [5, 5.41) is 7.99. The fourth-order valence-corrected chi connectivity index (χ4v) is 2.87. The first-order chi connectivity index (χ1) is 8.47. The number of hydrogen-bond acceptors (Lipinski definition) is 4. The Morgan fingerprint density at radius 2 is 2.06 bits per heavy atom. The fourth-order valence-electron chi connectivity index (χ4n) is 1.66. The topological polar surface area (TPSA) is 54.9 Å². The second kappa shape index (κ2) is 7.19. The van der Waals surface area contributed by atoms with Gasteiger partial charge in [-0.1, -0.05) is 48.1 Å². The van der Waals surface area contributed by atoms with E-state index in [-0.39, 0.29) is 17.9 Å². The third-order valence-electron chi connectivity index (χ3n) is 2.81. The summed E-state index contributed by atoms with van der Waals surface area (Å²) in [6.07, 6.45) is 0.923. The third kappa shape index (κ3) is 4.02. The van der Waals surface area contributed by atoms with Crippen LogP contribution in [0, 0.1) is 5.92 Å². The molecule has 0 aliphatic carbocycles. The SMILES string of the molecule is CC(C)c1nnsc1C(=O)NC(CCBr)C(C)C. The van der Waals surface area contributed by atoms with Gasteiger partial charge in [0.2, 0.25) is 0 Å². The van der Waals surface area contributed by atoms with E-state index in [1.54, 1.807) is 0 Å². The van der Waals surface area contributed by atoms with Crippen LogP contribution in [0.3, 0.4) is 0 Å². The molecule has 1 amide bonds. The highest BCUT2D eigenvalue weighted by Gasteiger charge is 2.22. The largest absolute Gasteiger partial charge is 0.348 e. The number of rotatable bonds is 6. The van der Waals surface area contributed by atoms with Crippen molar-refractivity contribution in [1.29, 1.82) is 0 Å².